The van der Waals surface area contributed by atoms with E-state index in [4.69, 9.17) is 0 Å². The molecule has 0 aliphatic rings. The minimum atomic E-state index is -5.08. The van der Waals surface area contributed by atoms with Gasteiger partial charge in [-0.15, -0.1) is 0 Å². The molecule has 0 unspecified atom stereocenters. The molecule has 65 heavy (non-hydrogen) atoms. The predicted octanol–water partition coefficient (Wildman–Crippen LogP) is 9.28. The largest absolute Gasteiger partial charge is 0.401 e. The number of alkyl halides is 24. The van der Waals surface area contributed by atoms with E-state index in [1.165, 1.54) is 15.9 Å². The average molecular weight is 1010 g/mol. The molecule has 0 fully saturated rings. The van der Waals surface area contributed by atoms with E-state index in [0.717, 1.165) is 0 Å². The summed E-state index contributed by atoms with van der Waals surface area (Å²) >= 11 is 0. The molecule has 1 N–H and O–H groups in total. The molecule has 0 bridgehead atoms. The van der Waals surface area contributed by atoms with Crippen molar-refractivity contribution < 1.29 is 105 Å². The van der Waals surface area contributed by atoms with Crippen LogP contribution in [0.3, 0.4) is 0 Å². The fourth-order valence-electron chi connectivity index (χ4n) is 6.54. The zero-order valence-electron chi connectivity index (χ0n) is 33.8. The summed E-state index contributed by atoms with van der Waals surface area (Å²) in [5.74, 6) is 0. The second-order valence-corrected chi connectivity index (χ2v) is 15.1. The zero-order valence-corrected chi connectivity index (χ0v) is 33.8. The zero-order chi connectivity index (χ0) is 50.3. The van der Waals surface area contributed by atoms with Crippen molar-refractivity contribution >= 4 is 0 Å². The summed E-state index contributed by atoms with van der Waals surface area (Å²) in [5, 5.41) is 6.41. The Hall–Kier alpha value is -2.71. The van der Waals surface area contributed by atoms with Crippen molar-refractivity contribution in [2.24, 2.45) is 0 Å². The summed E-state index contributed by atoms with van der Waals surface area (Å²) in [4.78, 5) is 2.48. The van der Waals surface area contributed by atoms with E-state index in [2.05, 4.69) is 10.2 Å². The predicted molar refractivity (Wildman–Crippen MR) is 182 cm³/mol. The lowest BCUT2D eigenvalue weighted by molar-refractivity contribution is -0.182. The first-order valence-electron chi connectivity index (χ1n) is 19.0. The van der Waals surface area contributed by atoms with Crippen molar-refractivity contribution in [3.63, 3.8) is 0 Å². The lowest BCUT2D eigenvalue weighted by Crippen LogP contribution is -2.42. The van der Waals surface area contributed by atoms with Gasteiger partial charge in [-0.05, 0) is 57.9 Å². The SMILES string of the molecule is FC(F)(F)CN(CCCN(CCCN(CC(F)(F)F)CC(F)(F)F)Cc1cc(CN(CCCN(CC(F)(F)F)CC(F)(F)F)CCCN(CC(F)(F)F)CC(F)(F)F)[nH]n1)CC(F)(F)F. The van der Waals surface area contributed by atoms with Gasteiger partial charge in [-0.2, -0.15) is 110 Å². The van der Waals surface area contributed by atoms with Crippen LogP contribution in [0, 0.1) is 0 Å². The van der Waals surface area contributed by atoms with Gasteiger partial charge >= 0.3 is 49.4 Å². The number of aromatic nitrogens is 2. The summed E-state index contributed by atoms with van der Waals surface area (Å²) in [6.45, 7) is -21.8. The van der Waals surface area contributed by atoms with Gasteiger partial charge in [0.05, 0.1) is 58.1 Å². The van der Waals surface area contributed by atoms with Gasteiger partial charge in [-0.1, -0.05) is 0 Å². The second-order valence-electron chi connectivity index (χ2n) is 15.1. The third-order valence-electron chi connectivity index (χ3n) is 8.48. The molecule has 0 aromatic carbocycles. The second kappa shape index (κ2) is 25.1. The van der Waals surface area contributed by atoms with Gasteiger partial charge in [-0.3, -0.25) is 34.5 Å². The van der Waals surface area contributed by atoms with Gasteiger partial charge in [0.2, 0.25) is 0 Å². The van der Waals surface area contributed by atoms with Crippen LogP contribution >= 0.6 is 0 Å². The molecule has 1 rings (SSSR count). The Morgan fingerprint density at radius 3 is 0.723 bits per heavy atom. The molecule has 0 saturated carbocycles. The Bertz CT molecular complexity index is 1190. The molecular formula is C33H46F24N8. The van der Waals surface area contributed by atoms with Crippen LogP contribution in [0.2, 0.25) is 0 Å². The van der Waals surface area contributed by atoms with Gasteiger partial charge in [0.1, 0.15) is 0 Å². The fourth-order valence-corrected chi connectivity index (χ4v) is 6.54. The Labute approximate surface area is 355 Å². The average Bonchev–Trinajstić information content (AvgIpc) is 3.44. The molecule has 0 radical (unpaired) electrons. The third-order valence-corrected chi connectivity index (χ3v) is 8.48. The number of aromatic amines is 1. The number of nitrogens with one attached hydrogen (secondary N) is 1. The van der Waals surface area contributed by atoms with Crippen molar-refractivity contribution in [1.29, 1.82) is 0 Å². The number of H-pyrrole nitrogens is 1. The van der Waals surface area contributed by atoms with Crippen LogP contribution in [-0.4, -0.2) is 194 Å². The highest BCUT2D eigenvalue weighted by atomic mass is 19.4. The van der Waals surface area contributed by atoms with Crippen LogP contribution in [-0.2, 0) is 13.1 Å². The minimum absolute atomic E-state index is 0.00472. The topological polar surface area (TPSA) is 48.1 Å². The Morgan fingerprint density at radius 2 is 0.508 bits per heavy atom. The maximum Gasteiger partial charge on any atom is 0.401 e. The molecule has 0 aliphatic heterocycles. The number of halogens is 24. The van der Waals surface area contributed by atoms with E-state index in [1.807, 2.05) is 0 Å². The Kier molecular flexibility index (Phi) is 23.2. The first-order chi connectivity index (χ1) is 29.1. The van der Waals surface area contributed by atoms with Crippen LogP contribution in [0.4, 0.5) is 105 Å². The van der Waals surface area contributed by atoms with Crippen molar-refractivity contribution in [3.8, 4) is 0 Å². The van der Waals surface area contributed by atoms with Crippen LogP contribution < -0.4 is 0 Å². The highest BCUT2D eigenvalue weighted by Gasteiger charge is 2.40. The molecule has 0 aliphatic carbocycles. The summed E-state index contributed by atoms with van der Waals surface area (Å²) in [6.07, 6.45) is -42.5. The van der Waals surface area contributed by atoms with E-state index in [1.54, 1.807) is 0 Å². The third kappa shape index (κ3) is 35.2. The number of rotatable bonds is 28. The number of hydrogen-bond acceptors (Lipinski definition) is 7. The van der Waals surface area contributed by atoms with E-state index < -0.39 is 193 Å². The van der Waals surface area contributed by atoms with Gasteiger partial charge in [-0.25, -0.2) is 0 Å². The molecule has 1 aromatic rings. The Morgan fingerprint density at radius 1 is 0.308 bits per heavy atom. The molecule has 0 atom stereocenters. The standard InChI is InChI=1S/C33H46F24N8/c34-26(35,36)16-62(17-27(37,38)39)9-1-5-60(6-2-10-63(18-28(40,41)42)19-29(43,44)45)14-24-13-25(59-58-24)15-61(7-3-11-64(20-30(46,47)48)21-31(49,50)51)8-4-12-65(22-32(52,53)54)23-33(55,56)57/h13H,1-12,14-23H2,(H,58,59). The summed E-state index contributed by atoms with van der Waals surface area (Å²) in [7, 11) is 0. The smallest absolute Gasteiger partial charge is 0.297 e. The van der Waals surface area contributed by atoms with Gasteiger partial charge in [0, 0.05) is 45.0 Å². The van der Waals surface area contributed by atoms with Crippen molar-refractivity contribution in [1.82, 2.24) is 39.6 Å². The molecule has 1 aromatic heterocycles. The van der Waals surface area contributed by atoms with Gasteiger partial charge in [0.25, 0.3) is 0 Å². The van der Waals surface area contributed by atoms with Crippen molar-refractivity contribution in [3.05, 3.63) is 17.5 Å². The number of hydrogen-bond donors (Lipinski definition) is 1. The van der Waals surface area contributed by atoms with Crippen LogP contribution in [0.25, 0.3) is 0 Å². The normalized spacial score (nSPS) is 14.5. The molecule has 32 heteroatoms. The molecule has 0 amide bonds. The van der Waals surface area contributed by atoms with E-state index in [9.17, 15) is 105 Å². The fraction of sp³-hybridized carbons (Fsp3) is 0.909. The van der Waals surface area contributed by atoms with Gasteiger partial charge < -0.3 is 0 Å². The quantitative estimate of drug-likeness (QED) is 0.0841. The van der Waals surface area contributed by atoms with Crippen molar-refractivity contribution in [2.45, 2.75) is 88.2 Å². The molecule has 0 saturated heterocycles. The van der Waals surface area contributed by atoms with Crippen LogP contribution in [0.15, 0.2) is 6.07 Å². The van der Waals surface area contributed by atoms with Crippen LogP contribution in [0.5, 0.6) is 0 Å². The van der Waals surface area contributed by atoms with E-state index >= 15 is 0 Å². The maximum atomic E-state index is 13.0. The molecule has 386 valence electrons. The first-order valence-corrected chi connectivity index (χ1v) is 19.0. The van der Waals surface area contributed by atoms with E-state index in [-0.39, 0.29) is 31.0 Å². The summed E-state index contributed by atoms with van der Waals surface area (Å²) in [6, 6.07) is 1.21. The lowest BCUT2D eigenvalue weighted by Gasteiger charge is -2.28. The number of nitrogens with zero attached hydrogens (tertiary/aromatic N) is 7. The molecule has 1 heterocycles. The minimum Gasteiger partial charge on any atom is -0.297 e. The highest BCUT2D eigenvalue weighted by Crippen LogP contribution is 2.26. The Balaban J connectivity index is 3.36. The monoisotopic (exact) mass is 1010 g/mol. The highest BCUT2D eigenvalue weighted by molar-refractivity contribution is 5.08. The molecule has 0 spiro atoms. The van der Waals surface area contributed by atoms with E-state index in [0.29, 0.717) is 0 Å². The lowest BCUT2D eigenvalue weighted by atomic mass is 10.2. The van der Waals surface area contributed by atoms with Gasteiger partial charge in [0.15, 0.2) is 0 Å². The first kappa shape index (κ1) is 60.3. The molecular weight excluding hydrogens is 964 g/mol. The summed E-state index contributed by atoms with van der Waals surface area (Å²) in [5.41, 5.74) is 0.000717. The summed E-state index contributed by atoms with van der Waals surface area (Å²) < 4.78 is 312. The van der Waals surface area contributed by atoms with Crippen molar-refractivity contribution in [2.75, 3.05) is 105 Å². The maximum absolute atomic E-state index is 13.0. The van der Waals surface area contributed by atoms with Crippen LogP contribution in [0.1, 0.15) is 37.1 Å². The molecule has 8 nitrogen and oxygen atoms in total.